The predicted octanol–water partition coefficient (Wildman–Crippen LogP) is 2.55. The molecule has 0 atom stereocenters. The summed E-state index contributed by atoms with van der Waals surface area (Å²) in [5.41, 5.74) is 0. The van der Waals surface area contributed by atoms with Crippen molar-refractivity contribution in [3.63, 3.8) is 0 Å². The Hall–Kier alpha value is -1.21. The van der Waals surface area contributed by atoms with Gasteiger partial charge in [0.25, 0.3) is 0 Å². The van der Waals surface area contributed by atoms with Gasteiger partial charge in [0.05, 0.1) is 6.54 Å². The van der Waals surface area contributed by atoms with Crippen LogP contribution < -0.4 is 5.32 Å². The van der Waals surface area contributed by atoms with Gasteiger partial charge in [-0.15, -0.1) is 0 Å². The molecule has 2 aliphatic carbocycles. The van der Waals surface area contributed by atoms with Crippen LogP contribution in [0, 0.1) is 0 Å². The lowest BCUT2D eigenvalue weighted by Crippen LogP contribution is -2.51. The molecule has 122 valence electrons. The fourth-order valence-corrected chi connectivity index (χ4v) is 4.22. The van der Waals surface area contributed by atoms with Crippen LogP contribution in [0.3, 0.4) is 0 Å². The first-order chi connectivity index (χ1) is 10.7. The van der Waals surface area contributed by atoms with Gasteiger partial charge < -0.3 is 10.4 Å². The highest BCUT2D eigenvalue weighted by atomic mass is 32.1. The second-order valence-corrected chi connectivity index (χ2v) is 7.11. The molecule has 1 heterocycles. The summed E-state index contributed by atoms with van der Waals surface area (Å²) in [6, 6.07) is 0.776. The molecule has 7 heteroatoms. The number of nitrogens with one attached hydrogen (secondary N) is 1. The minimum Gasteiger partial charge on any atom is -0.480 e. The van der Waals surface area contributed by atoms with Gasteiger partial charge in [0.1, 0.15) is 5.82 Å². The molecule has 2 saturated carbocycles. The molecule has 0 aromatic carbocycles. The zero-order valence-corrected chi connectivity index (χ0v) is 13.8. The average Bonchev–Trinajstić information content (AvgIpc) is 3.10. The van der Waals surface area contributed by atoms with Gasteiger partial charge in [0, 0.05) is 29.5 Å². The Morgan fingerprint density at radius 1 is 1.41 bits per heavy atom. The first-order valence-corrected chi connectivity index (χ1v) is 8.99. The van der Waals surface area contributed by atoms with Crippen LogP contribution in [0.15, 0.2) is 0 Å². The summed E-state index contributed by atoms with van der Waals surface area (Å²) < 4.78 is 4.50. The van der Waals surface area contributed by atoms with Crippen molar-refractivity contribution in [2.75, 3.05) is 18.4 Å². The van der Waals surface area contributed by atoms with E-state index in [-0.39, 0.29) is 6.54 Å². The van der Waals surface area contributed by atoms with E-state index in [1.165, 1.54) is 37.2 Å². The molecule has 0 radical (unpaired) electrons. The van der Waals surface area contributed by atoms with Gasteiger partial charge in [0.2, 0.25) is 5.13 Å². The number of rotatable bonds is 7. The SMILES string of the molecule is CCN(CC(=O)O)C1CC(Nc2nc(C3CCCC3)ns2)C1. The average molecular weight is 324 g/mol. The Bertz CT molecular complexity index is 509. The minimum atomic E-state index is -0.747. The van der Waals surface area contributed by atoms with Crippen LogP contribution in [0.2, 0.25) is 0 Å². The van der Waals surface area contributed by atoms with Gasteiger partial charge in [0.15, 0.2) is 0 Å². The number of carbonyl (C=O) groups is 1. The van der Waals surface area contributed by atoms with Gasteiger partial charge in [-0.1, -0.05) is 19.8 Å². The van der Waals surface area contributed by atoms with E-state index < -0.39 is 5.97 Å². The molecule has 0 bridgehead atoms. The van der Waals surface area contributed by atoms with Crippen LogP contribution in [0.4, 0.5) is 5.13 Å². The summed E-state index contributed by atoms with van der Waals surface area (Å²) in [6.07, 6.45) is 7.02. The van der Waals surface area contributed by atoms with Crippen molar-refractivity contribution in [3.05, 3.63) is 5.82 Å². The normalized spacial score (nSPS) is 25.4. The molecule has 0 unspecified atom stereocenters. The summed E-state index contributed by atoms with van der Waals surface area (Å²) in [4.78, 5) is 17.5. The summed E-state index contributed by atoms with van der Waals surface area (Å²) in [7, 11) is 0. The van der Waals surface area contributed by atoms with E-state index in [1.54, 1.807) is 0 Å². The zero-order valence-electron chi connectivity index (χ0n) is 13.0. The molecule has 6 nitrogen and oxygen atoms in total. The van der Waals surface area contributed by atoms with Crippen molar-refractivity contribution in [2.24, 2.45) is 0 Å². The van der Waals surface area contributed by atoms with Crippen molar-refractivity contribution in [3.8, 4) is 0 Å². The van der Waals surface area contributed by atoms with Gasteiger partial charge >= 0.3 is 5.97 Å². The van der Waals surface area contributed by atoms with Gasteiger partial charge in [-0.2, -0.15) is 4.37 Å². The van der Waals surface area contributed by atoms with Crippen LogP contribution in [0.5, 0.6) is 0 Å². The fraction of sp³-hybridized carbons (Fsp3) is 0.800. The maximum atomic E-state index is 10.8. The van der Waals surface area contributed by atoms with Crippen molar-refractivity contribution in [1.82, 2.24) is 14.3 Å². The number of carboxylic acids is 1. The molecule has 2 N–H and O–H groups in total. The summed E-state index contributed by atoms with van der Waals surface area (Å²) in [5, 5.41) is 13.3. The van der Waals surface area contributed by atoms with Crippen molar-refractivity contribution in [2.45, 2.75) is 63.5 Å². The fourth-order valence-electron chi connectivity index (χ4n) is 3.49. The number of anilines is 1. The monoisotopic (exact) mass is 324 g/mol. The van der Waals surface area contributed by atoms with Crippen LogP contribution in [-0.4, -0.2) is 50.5 Å². The highest BCUT2D eigenvalue weighted by molar-refractivity contribution is 7.09. The Morgan fingerprint density at radius 3 is 2.77 bits per heavy atom. The number of nitrogens with zero attached hydrogens (tertiary/aromatic N) is 3. The van der Waals surface area contributed by atoms with Gasteiger partial charge in [-0.3, -0.25) is 9.69 Å². The quantitative estimate of drug-likeness (QED) is 0.802. The molecule has 0 saturated heterocycles. The topological polar surface area (TPSA) is 78.4 Å². The smallest absolute Gasteiger partial charge is 0.317 e. The lowest BCUT2D eigenvalue weighted by molar-refractivity contribution is -0.139. The van der Waals surface area contributed by atoms with Crippen LogP contribution in [-0.2, 0) is 4.79 Å². The number of hydrogen-bond donors (Lipinski definition) is 2. The number of hydrogen-bond acceptors (Lipinski definition) is 6. The Kier molecular flexibility index (Phi) is 4.93. The highest BCUT2D eigenvalue weighted by Crippen LogP contribution is 2.34. The largest absolute Gasteiger partial charge is 0.480 e. The van der Waals surface area contributed by atoms with Crippen LogP contribution in [0.1, 0.15) is 57.2 Å². The maximum absolute atomic E-state index is 10.8. The first-order valence-electron chi connectivity index (χ1n) is 8.21. The molecule has 3 rings (SSSR count). The number of carboxylic acid groups (broad SMARTS) is 1. The minimum absolute atomic E-state index is 0.137. The molecule has 22 heavy (non-hydrogen) atoms. The van der Waals surface area contributed by atoms with Crippen molar-refractivity contribution in [1.29, 1.82) is 0 Å². The molecular formula is C15H24N4O2S. The number of aromatic nitrogens is 2. The standard InChI is InChI=1S/C15H24N4O2S/c1-2-19(9-13(20)21)12-7-11(8-12)16-15-17-14(18-22-15)10-5-3-4-6-10/h10-12H,2-9H2,1H3,(H,20,21)(H,16,17,18). The molecule has 1 aromatic rings. The lowest BCUT2D eigenvalue weighted by Gasteiger charge is -2.42. The zero-order chi connectivity index (χ0) is 15.5. The summed E-state index contributed by atoms with van der Waals surface area (Å²) in [5.74, 6) is 0.831. The van der Waals surface area contributed by atoms with E-state index in [2.05, 4.69) is 14.7 Å². The van der Waals surface area contributed by atoms with E-state index >= 15 is 0 Å². The molecular weight excluding hydrogens is 300 g/mol. The van der Waals surface area contributed by atoms with E-state index in [0.717, 1.165) is 30.3 Å². The van der Waals surface area contributed by atoms with E-state index in [9.17, 15) is 4.79 Å². The summed E-state index contributed by atoms with van der Waals surface area (Å²) in [6.45, 7) is 2.94. The van der Waals surface area contributed by atoms with Gasteiger partial charge in [-0.25, -0.2) is 4.98 Å². The molecule has 0 amide bonds. The molecule has 2 fully saturated rings. The first kappa shape index (κ1) is 15.7. The van der Waals surface area contributed by atoms with E-state index in [0.29, 0.717) is 18.0 Å². The lowest BCUT2D eigenvalue weighted by atomic mass is 9.85. The molecule has 1 aromatic heterocycles. The van der Waals surface area contributed by atoms with E-state index in [1.807, 2.05) is 11.8 Å². The second-order valence-electron chi connectivity index (χ2n) is 6.36. The summed E-state index contributed by atoms with van der Waals surface area (Å²) >= 11 is 1.46. The second kappa shape index (κ2) is 6.91. The third kappa shape index (κ3) is 3.57. The number of likely N-dealkylation sites (N-methyl/N-ethyl adjacent to an activating group) is 1. The molecule has 0 spiro atoms. The Morgan fingerprint density at radius 2 is 2.14 bits per heavy atom. The Balaban J connectivity index is 1.46. The number of aliphatic carboxylic acids is 1. The van der Waals surface area contributed by atoms with Crippen LogP contribution in [0.25, 0.3) is 0 Å². The maximum Gasteiger partial charge on any atom is 0.317 e. The molecule has 0 aliphatic heterocycles. The van der Waals surface area contributed by atoms with E-state index in [4.69, 9.17) is 5.11 Å². The molecule has 2 aliphatic rings. The highest BCUT2D eigenvalue weighted by Gasteiger charge is 2.34. The van der Waals surface area contributed by atoms with Crippen molar-refractivity contribution >= 4 is 22.6 Å². The third-order valence-electron chi connectivity index (χ3n) is 4.86. The third-order valence-corrected chi connectivity index (χ3v) is 5.52. The van der Waals surface area contributed by atoms with Gasteiger partial charge in [-0.05, 0) is 32.2 Å². The predicted molar refractivity (Wildman–Crippen MR) is 86.4 cm³/mol. The van der Waals surface area contributed by atoms with Crippen LogP contribution >= 0.6 is 11.5 Å². The Labute approximate surface area is 135 Å². The van der Waals surface area contributed by atoms with Crippen molar-refractivity contribution < 1.29 is 9.90 Å².